The van der Waals surface area contributed by atoms with Crippen LogP contribution in [-0.4, -0.2) is 30.6 Å². The average Bonchev–Trinajstić information content (AvgIpc) is 2.99. The van der Waals surface area contributed by atoms with Crippen molar-refractivity contribution in [3.63, 3.8) is 0 Å². The second-order valence-corrected chi connectivity index (χ2v) is 8.40. The zero-order valence-electron chi connectivity index (χ0n) is 13.7. The van der Waals surface area contributed by atoms with Crippen LogP contribution in [0.1, 0.15) is 25.8 Å². The molecule has 0 spiro atoms. The highest BCUT2D eigenvalue weighted by Gasteiger charge is 2.27. The van der Waals surface area contributed by atoms with Crippen LogP contribution in [0.4, 0.5) is 5.13 Å². The van der Waals surface area contributed by atoms with Crippen molar-refractivity contribution in [3.05, 3.63) is 35.3 Å². The highest BCUT2D eigenvalue weighted by molar-refractivity contribution is 7.89. The quantitative estimate of drug-likeness (QED) is 0.780. The van der Waals surface area contributed by atoms with Crippen LogP contribution in [0.3, 0.4) is 0 Å². The maximum Gasteiger partial charge on any atom is 0.244 e. The first kappa shape index (κ1) is 18.5. The maximum atomic E-state index is 12.5. The molecule has 9 heteroatoms. The fourth-order valence-corrected chi connectivity index (χ4v) is 3.73. The minimum Gasteiger partial charge on any atom is -0.299 e. The summed E-state index contributed by atoms with van der Waals surface area (Å²) in [5.74, 6) is -0.313. The molecule has 1 aromatic carbocycles. The maximum absolute atomic E-state index is 12.5. The number of benzene rings is 1. The molecule has 0 radical (unpaired) electrons. The zero-order chi connectivity index (χ0) is 17.7. The van der Waals surface area contributed by atoms with Gasteiger partial charge in [-0.2, -0.15) is 4.72 Å². The van der Waals surface area contributed by atoms with E-state index < -0.39 is 22.0 Å². The first-order valence-electron chi connectivity index (χ1n) is 7.44. The van der Waals surface area contributed by atoms with Gasteiger partial charge in [-0.05, 0) is 31.4 Å². The van der Waals surface area contributed by atoms with E-state index in [0.29, 0.717) is 11.6 Å². The predicted molar refractivity (Wildman–Crippen MR) is 93.3 cm³/mol. The van der Waals surface area contributed by atoms with E-state index in [-0.39, 0.29) is 10.8 Å². The Labute approximate surface area is 145 Å². The number of aryl methyl sites for hydroxylation is 1. The summed E-state index contributed by atoms with van der Waals surface area (Å²) < 4.78 is 27.5. The summed E-state index contributed by atoms with van der Waals surface area (Å²) in [7, 11) is -3.79. The van der Waals surface area contributed by atoms with Gasteiger partial charge >= 0.3 is 0 Å². The number of anilines is 1. The average molecular weight is 368 g/mol. The number of carbonyl (C=O) groups is 1. The van der Waals surface area contributed by atoms with Crippen molar-refractivity contribution in [3.8, 4) is 0 Å². The van der Waals surface area contributed by atoms with Crippen LogP contribution in [0.15, 0.2) is 34.7 Å². The molecule has 0 aliphatic rings. The third kappa shape index (κ3) is 5.08. The number of hydrogen-bond acceptors (Lipinski definition) is 6. The molecule has 1 amide bonds. The van der Waals surface area contributed by atoms with E-state index >= 15 is 0 Å². The molecule has 0 aliphatic carbocycles. The van der Waals surface area contributed by atoms with Gasteiger partial charge in [0, 0.05) is 0 Å². The number of sulfonamides is 1. The zero-order valence-corrected chi connectivity index (χ0v) is 15.3. The highest BCUT2D eigenvalue weighted by Crippen LogP contribution is 2.15. The second kappa shape index (κ2) is 7.82. The Hall–Kier alpha value is -1.84. The Morgan fingerprint density at radius 1 is 1.25 bits per heavy atom. The summed E-state index contributed by atoms with van der Waals surface area (Å²) in [6, 6.07) is 5.58. The molecule has 24 heavy (non-hydrogen) atoms. The van der Waals surface area contributed by atoms with E-state index in [0.717, 1.165) is 5.56 Å². The standard InChI is InChI=1S/C15H20N4O3S2/c1-10(2)8-13(14(20)17-15-18-16-9-23-15)19-24(21,22)12-6-4-11(3)5-7-12/h4-7,9-10,13,19H,8H2,1-3H3,(H,17,18,20). The van der Waals surface area contributed by atoms with Gasteiger partial charge in [0.15, 0.2) is 0 Å². The largest absolute Gasteiger partial charge is 0.299 e. The third-order valence-corrected chi connectivity index (χ3v) is 5.34. The Kier molecular flexibility index (Phi) is 6.03. The van der Waals surface area contributed by atoms with E-state index in [1.165, 1.54) is 29.0 Å². The molecular formula is C15H20N4O3S2. The van der Waals surface area contributed by atoms with E-state index in [9.17, 15) is 13.2 Å². The van der Waals surface area contributed by atoms with E-state index in [1.807, 2.05) is 20.8 Å². The van der Waals surface area contributed by atoms with E-state index in [1.54, 1.807) is 12.1 Å². The van der Waals surface area contributed by atoms with Crippen LogP contribution in [-0.2, 0) is 14.8 Å². The first-order valence-corrected chi connectivity index (χ1v) is 9.80. The normalized spacial score (nSPS) is 13.0. The van der Waals surface area contributed by atoms with E-state index in [2.05, 4.69) is 20.2 Å². The van der Waals surface area contributed by atoms with Crippen molar-refractivity contribution < 1.29 is 13.2 Å². The number of amides is 1. The van der Waals surface area contributed by atoms with Crippen LogP contribution in [0.2, 0.25) is 0 Å². The molecule has 1 heterocycles. The second-order valence-electron chi connectivity index (χ2n) is 5.85. The molecule has 130 valence electrons. The molecule has 2 aromatic rings. The molecule has 7 nitrogen and oxygen atoms in total. The number of nitrogens with zero attached hydrogens (tertiary/aromatic N) is 2. The van der Waals surface area contributed by atoms with Crippen LogP contribution < -0.4 is 10.0 Å². The molecule has 0 saturated carbocycles. The van der Waals surface area contributed by atoms with Gasteiger partial charge in [0.1, 0.15) is 11.6 Å². The van der Waals surface area contributed by atoms with Crippen molar-refractivity contribution in [2.75, 3.05) is 5.32 Å². The fraction of sp³-hybridized carbons (Fsp3) is 0.400. The Balaban J connectivity index is 2.18. The highest BCUT2D eigenvalue weighted by atomic mass is 32.2. The van der Waals surface area contributed by atoms with Gasteiger partial charge in [-0.3, -0.25) is 10.1 Å². The predicted octanol–water partition coefficient (Wildman–Crippen LogP) is 2.18. The summed E-state index contributed by atoms with van der Waals surface area (Å²) >= 11 is 1.17. The lowest BCUT2D eigenvalue weighted by atomic mass is 10.0. The Bertz CT molecular complexity index is 772. The van der Waals surface area contributed by atoms with Crippen molar-refractivity contribution in [2.24, 2.45) is 5.92 Å². The van der Waals surface area contributed by atoms with Crippen LogP contribution in [0.25, 0.3) is 0 Å². The van der Waals surface area contributed by atoms with Gasteiger partial charge in [-0.25, -0.2) is 8.42 Å². The minimum atomic E-state index is -3.79. The Morgan fingerprint density at radius 2 is 1.92 bits per heavy atom. The van der Waals surface area contributed by atoms with Gasteiger partial charge in [-0.15, -0.1) is 10.2 Å². The van der Waals surface area contributed by atoms with Crippen LogP contribution in [0, 0.1) is 12.8 Å². The first-order chi connectivity index (χ1) is 11.3. The summed E-state index contributed by atoms with van der Waals surface area (Å²) in [6.07, 6.45) is 0.371. The van der Waals surface area contributed by atoms with Crippen molar-refractivity contribution in [2.45, 2.75) is 38.1 Å². The van der Waals surface area contributed by atoms with Crippen molar-refractivity contribution in [1.82, 2.24) is 14.9 Å². The fourth-order valence-electron chi connectivity index (χ4n) is 2.07. The van der Waals surface area contributed by atoms with Gasteiger partial charge < -0.3 is 0 Å². The van der Waals surface area contributed by atoms with Crippen molar-refractivity contribution >= 4 is 32.4 Å². The van der Waals surface area contributed by atoms with Gasteiger partial charge in [-0.1, -0.05) is 42.9 Å². The molecule has 1 unspecified atom stereocenters. The molecular weight excluding hydrogens is 348 g/mol. The molecule has 2 rings (SSSR count). The number of carbonyl (C=O) groups excluding carboxylic acids is 1. The van der Waals surface area contributed by atoms with Crippen molar-refractivity contribution in [1.29, 1.82) is 0 Å². The topological polar surface area (TPSA) is 101 Å². The lowest BCUT2D eigenvalue weighted by Gasteiger charge is -2.19. The molecule has 1 atom stereocenters. The summed E-state index contributed by atoms with van der Waals surface area (Å²) in [6.45, 7) is 5.72. The van der Waals surface area contributed by atoms with Crippen LogP contribution >= 0.6 is 11.3 Å². The molecule has 2 N–H and O–H groups in total. The third-order valence-electron chi connectivity index (χ3n) is 3.24. The van der Waals surface area contributed by atoms with Gasteiger partial charge in [0.25, 0.3) is 0 Å². The Morgan fingerprint density at radius 3 is 2.46 bits per heavy atom. The lowest BCUT2D eigenvalue weighted by molar-refractivity contribution is -0.118. The SMILES string of the molecule is Cc1ccc(S(=O)(=O)NC(CC(C)C)C(=O)Nc2nncs2)cc1. The minimum absolute atomic E-state index is 0.130. The number of aromatic nitrogens is 2. The van der Waals surface area contributed by atoms with Gasteiger partial charge in [0.2, 0.25) is 21.1 Å². The number of nitrogens with one attached hydrogen (secondary N) is 2. The van der Waals surface area contributed by atoms with E-state index in [4.69, 9.17) is 0 Å². The molecule has 0 bridgehead atoms. The molecule has 0 fully saturated rings. The number of hydrogen-bond donors (Lipinski definition) is 2. The smallest absolute Gasteiger partial charge is 0.244 e. The summed E-state index contributed by atoms with van der Waals surface area (Å²) in [5, 5.41) is 10.3. The summed E-state index contributed by atoms with van der Waals surface area (Å²) in [5.41, 5.74) is 2.45. The molecule has 0 saturated heterocycles. The lowest BCUT2D eigenvalue weighted by Crippen LogP contribution is -2.44. The van der Waals surface area contributed by atoms with Crippen LogP contribution in [0.5, 0.6) is 0 Å². The molecule has 0 aliphatic heterocycles. The van der Waals surface area contributed by atoms with Gasteiger partial charge in [0.05, 0.1) is 4.90 Å². The summed E-state index contributed by atoms with van der Waals surface area (Å²) in [4.78, 5) is 12.5. The number of rotatable bonds is 7. The monoisotopic (exact) mass is 368 g/mol. The molecule has 1 aromatic heterocycles.